The Bertz CT molecular complexity index is 603. The van der Waals surface area contributed by atoms with Gasteiger partial charge in [-0.2, -0.15) is 13.7 Å². The first-order valence-electron chi connectivity index (χ1n) is 6.64. The molecule has 1 amide bonds. The summed E-state index contributed by atoms with van der Waals surface area (Å²) in [6, 6.07) is 0. The lowest BCUT2D eigenvalue weighted by Gasteiger charge is -2.00. The molecule has 0 atom stereocenters. The largest absolute Gasteiger partial charge is 0.343 e. The smallest absolute Gasteiger partial charge is 0.273 e. The van der Waals surface area contributed by atoms with Crippen LogP contribution < -0.4 is 5.32 Å². The van der Waals surface area contributed by atoms with Crippen LogP contribution in [0.15, 0.2) is 4.52 Å². The van der Waals surface area contributed by atoms with Crippen LogP contribution in [0, 0.1) is 6.92 Å². The van der Waals surface area contributed by atoms with Gasteiger partial charge in [-0.1, -0.05) is 18.0 Å². The summed E-state index contributed by atoms with van der Waals surface area (Å²) in [7, 11) is 0. The minimum absolute atomic E-state index is 0.242. The number of hydrogen-bond acceptors (Lipinski definition) is 7. The molecule has 106 valence electrons. The van der Waals surface area contributed by atoms with E-state index in [0.717, 1.165) is 24.6 Å². The van der Waals surface area contributed by atoms with Crippen LogP contribution >= 0.6 is 11.7 Å². The van der Waals surface area contributed by atoms with Crippen molar-refractivity contribution in [3.63, 3.8) is 0 Å². The second-order valence-electron chi connectivity index (χ2n) is 4.91. The highest BCUT2D eigenvalue weighted by molar-refractivity contribution is 6.99. The summed E-state index contributed by atoms with van der Waals surface area (Å²) in [5.74, 6) is 1.32. The third kappa shape index (κ3) is 2.69. The van der Waals surface area contributed by atoms with Crippen molar-refractivity contribution in [2.45, 2.75) is 45.1 Å². The van der Waals surface area contributed by atoms with E-state index >= 15 is 0 Å². The van der Waals surface area contributed by atoms with Gasteiger partial charge in [-0.3, -0.25) is 4.79 Å². The van der Waals surface area contributed by atoms with Gasteiger partial charge >= 0.3 is 0 Å². The van der Waals surface area contributed by atoms with Crippen LogP contribution in [0.1, 0.15) is 59.5 Å². The highest BCUT2D eigenvalue weighted by Gasteiger charge is 2.23. The zero-order valence-electron chi connectivity index (χ0n) is 11.1. The zero-order valence-corrected chi connectivity index (χ0v) is 11.9. The fourth-order valence-corrected chi connectivity index (χ4v) is 2.90. The molecule has 8 heteroatoms. The molecule has 0 bridgehead atoms. The summed E-state index contributed by atoms with van der Waals surface area (Å²) < 4.78 is 13.2. The Kier molecular flexibility index (Phi) is 3.72. The number of nitrogens with zero attached hydrogens (tertiary/aromatic N) is 4. The van der Waals surface area contributed by atoms with Crippen molar-refractivity contribution < 1.29 is 9.32 Å². The van der Waals surface area contributed by atoms with Gasteiger partial charge in [0.2, 0.25) is 5.89 Å². The summed E-state index contributed by atoms with van der Waals surface area (Å²) in [6.45, 7) is 2.00. The molecule has 0 spiro atoms. The lowest BCUT2D eigenvalue weighted by atomic mass is 10.1. The monoisotopic (exact) mass is 293 g/mol. The molecular formula is C12H15N5O2S. The fourth-order valence-electron chi connectivity index (χ4n) is 2.36. The van der Waals surface area contributed by atoms with Crippen molar-refractivity contribution in [1.82, 2.24) is 24.2 Å². The number of amides is 1. The standard InChI is InChI=1S/C12H15N5O2S/c1-7-10(17-20-16-7)11(18)13-6-9-14-12(19-15-9)8-4-2-3-5-8/h8H,2-6H2,1H3,(H,13,18). The van der Waals surface area contributed by atoms with Crippen molar-refractivity contribution in [3.05, 3.63) is 23.1 Å². The van der Waals surface area contributed by atoms with Gasteiger partial charge in [0.25, 0.3) is 5.91 Å². The number of hydrogen-bond donors (Lipinski definition) is 1. The first-order chi connectivity index (χ1) is 9.74. The van der Waals surface area contributed by atoms with Crippen LogP contribution in [-0.2, 0) is 6.54 Å². The molecule has 0 unspecified atom stereocenters. The Hall–Kier alpha value is -1.83. The van der Waals surface area contributed by atoms with E-state index in [1.54, 1.807) is 6.92 Å². The molecule has 1 aliphatic rings. The Morgan fingerprint density at radius 1 is 1.40 bits per heavy atom. The van der Waals surface area contributed by atoms with E-state index < -0.39 is 0 Å². The molecule has 0 radical (unpaired) electrons. The van der Waals surface area contributed by atoms with Gasteiger partial charge in [0.1, 0.15) is 0 Å². The molecule has 3 rings (SSSR count). The second-order valence-corrected chi connectivity index (χ2v) is 5.44. The Labute approximate surface area is 120 Å². The van der Waals surface area contributed by atoms with Crippen LogP contribution in [0.2, 0.25) is 0 Å². The molecule has 20 heavy (non-hydrogen) atoms. The molecule has 1 aliphatic carbocycles. The number of carbonyl (C=O) groups excluding carboxylic acids is 1. The van der Waals surface area contributed by atoms with Crippen LogP contribution in [0.4, 0.5) is 0 Å². The highest BCUT2D eigenvalue weighted by Crippen LogP contribution is 2.32. The third-order valence-corrected chi connectivity index (χ3v) is 4.08. The normalized spacial score (nSPS) is 15.7. The lowest BCUT2D eigenvalue weighted by Crippen LogP contribution is -2.24. The maximum atomic E-state index is 11.9. The first kappa shape index (κ1) is 13.2. The molecule has 1 saturated carbocycles. The van der Waals surface area contributed by atoms with Crippen molar-refractivity contribution in [1.29, 1.82) is 0 Å². The summed E-state index contributed by atoms with van der Waals surface area (Å²) in [5.41, 5.74) is 0.988. The molecule has 0 aromatic carbocycles. The zero-order chi connectivity index (χ0) is 13.9. The quantitative estimate of drug-likeness (QED) is 0.924. The van der Waals surface area contributed by atoms with Gasteiger partial charge in [0.05, 0.1) is 24.0 Å². The number of aromatic nitrogens is 4. The van der Waals surface area contributed by atoms with Crippen molar-refractivity contribution >= 4 is 17.6 Å². The summed E-state index contributed by atoms with van der Waals surface area (Å²) in [4.78, 5) is 16.2. The minimum atomic E-state index is -0.261. The van der Waals surface area contributed by atoms with Gasteiger partial charge in [-0.15, -0.1) is 0 Å². The van der Waals surface area contributed by atoms with Crippen molar-refractivity contribution in [2.75, 3.05) is 0 Å². The van der Waals surface area contributed by atoms with Crippen LogP contribution in [0.5, 0.6) is 0 Å². The van der Waals surface area contributed by atoms with E-state index in [4.69, 9.17) is 4.52 Å². The Balaban J connectivity index is 1.58. The molecule has 2 aromatic rings. The van der Waals surface area contributed by atoms with Gasteiger partial charge in [0.15, 0.2) is 11.5 Å². The molecular weight excluding hydrogens is 278 g/mol. The Morgan fingerprint density at radius 3 is 2.90 bits per heavy atom. The van der Waals surface area contributed by atoms with E-state index in [0.29, 0.717) is 29.0 Å². The van der Waals surface area contributed by atoms with E-state index in [1.165, 1.54) is 12.8 Å². The van der Waals surface area contributed by atoms with E-state index in [1.807, 2.05) is 0 Å². The average molecular weight is 293 g/mol. The molecule has 7 nitrogen and oxygen atoms in total. The molecule has 0 saturated heterocycles. The maximum absolute atomic E-state index is 11.9. The summed E-state index contributed by atoms with van der Waals surface area (Å²) in [5, 5.41) is 6.63. The third-order valence-electron chi connectivity index (χ3n) is 3.46. The topological polar surface area (TPSA) is 93.8 Å². The van der Waals surface area contributed by atoms with Gasteiger partial charge < -0.3 is 9.84 Å². The van der Waals surface area contributed by atoms with E-state index in [9.17, 15) is 4.79 Å². The number of carbonyl (C=O) groups is 1. The number of nitrogens with one attached hydrogen (secondary N) is 1. The predicted molar refractivity (Wildman–Crippen MR) is 71.3 cm³/mol. The fraction of sp³-hybridized carbons (Fsp3) is 0.583. The van der Waals surface area contributed by atoms with E-state index in [2.05, 4.69) is 24.2 Å². The number of rotatable bonds is 4. The van der Waals surface area contributed by atoms with Crippen LogP contribution in [-0.4, -0.2) is 24.8 Å². The minimum Gasteiger partial charge on any atom is -0.343 e. The van der Waals surface area contributed by atoms with Crippen LogP contribution in [0.25, 0.3) is 0 Å². The molecule has 1 fully saturated rings. The average Bonchev–Trinajstić information content (AvgIpc) is 3.16. The maximum Gasteiger partial charge on any atom is 0.273 e. The highest BCUT2D eigenvalue weighted by atomic mass is 32.1. The van der Waals surface area contributed by atoms with Gasteiger partial charge in [0, 0.05) is 5.92 Å². The summed E-state index contributed by atoms with van der Waals surface area (Å²) >= 11 is 1.03. The predicted octanol–water partition coefficient (Wildman–Crippen LogP) is 1.82. The van der Waals surface area contributed by atoms with Crippen molar-refractivity contribution in [3.8, 4) is 0 Å². The SMILES string of the molecule is Cc1nsnc1C(=O)NCc1noc(C2CCCC2)n1. The number of aryl methyl sites for hydroxylation is 1. The molecule has 0 aliphatic heterocycles. The van der Waals surface area contributed by atoms with Crippen molar-refractivity contribution in [2.24, 2.45) is 0 Å². The molecule has 2 heterocycles. The first-order valence-corrected chi connectivity index (χ1v) is 7.37. The summed E-state index contributed by atoms with van der Waals surface area (Å²) in [6.07, 6.45) is 4.65. The van der Waals surface area contributed by atoms with E-state index in [-0.39, 0.29) is 12.5 Å². The van der Waals surface area contributed by atoms with Crippen LogP contribution in [0.3, 0.4) is 0 Å². The molecule has 2 aromatic heterocycles. The Morgan fingerprint density at radius 2 is 2.20 bits per heavy atom. The van der Waals surface area contributed by atoms with Gasteiger partial charge in [-0.25, -0.2) is 0 Å². The van der Waals surface area contributed by atoms with Gasteiger partial charge in [-0.05, 0) is 19.8 Å². The lowest BCUT2D eigenvalue weighted by molar-refractivity contribution is 0.0945. The molecule has 1 N–H and O–H groups in total. The second kappa shape index (κ2) is 5.66.